The smallest absolute Gasteiger partial charge is 0.306 e. The number of hydrogen-bond donors (Lipinski definition) is 0. The predicted molar refractivity (Wildman–Crippen MR) is 103 cm³/mol. The minimum atomic E-state index is -0.290. The van der Waals surface area contributed by atoms with Crippen LogP contribution in [-0.4, -0.2) is 25.2 Å². The Morgan fingerprint density at radius 1 is 0.520 bits per heavy atom. The topological polar surface area (TPSA) is 52.6 Å². The van der Waals surface area contributed by atoms with Crippen LogP contribution in [0.3, 0.4) is 0 Å². The number of unbranched alkanes of at least 4 members (excludes halogenated alkanes) is 11. The van der Waals surface area contributed by atoms with Gasteiger partial charge in [0.15, 0.2) is 0 Å². The Morgan fingerprint density at radius 2 is 0.840 bits per heavy atom. The third kappa shape index (κ3) is 19.1. The fourth-order valence-electron chi connectivity index (χ4n) is 2.66. The third-order valence-electron chi connectivity index (χ3n) is 4.31. The molecule has 4 heteroatoms. The van der Waals surface area contributed by atoms with Gasteiger partial charge in [-0.3, -0.25) is 9.59 Å². The van der Waals surface area contributed by atoms with Crippen molar-refractivity contribution < 1.29 is 19.1 Å². The van der Waals surface area contributed by atoms with E-state index in [1.807, 2.05) is 0 Å². The van der Waals surface area contributed by atoms with Crippen LogP contribution < -0.4 is 0 Å². The molecule has 0 saturated heterocycles. The summed E-state index contributed by atoms with van der Waals surface area (Å²) in [6.45, 7) is 5.35. The monoisotopic (exact) mass is 356 g/mol. The van der Waals surface area contributed by atoms with Crippen molar-refractivity contribution in [2.24, 2.45) is 0 Å². The van der Waals surface area contributed by atoms with Crippen LogP contribution in [-0.2, 0) is 19.1 Å². The Morgan fingerprint density at radius 3 is 1.20 bits per heavy atom. The van der Waals surface area contributed by atoms with Crippen LogP contribution >= 0.6 is 0 Å². The molecule has 4 nitrogen and oxygen atoms in total. The van der Waals surface area contributed by atoms with E-state index in [1.54, 1.807) is 0 Å². The largest absolute Gasteiger partial charge is 0.466 e. The first-order valence-corrected chi connectivity index (χ1v) is 10.5. The predicted octanol–water partition coefficient (Wildman–Crippen LogP) is 5.96. The van der Waals surface area contributed by atoms with E-state index in [0.29, 0.717) is 13.2 Å². The van der Waals surface area contributed by atoms with Gasteiger partial charge in [0.1, 0.15) is 0 Å². The Kier molecular flexibility index (Phi) is 18.5. The molecule has 148 valence electrons. The van der Waals surface area contributed by atoms with E-state index < -0.39 is 0 Å². The lowest BCUT2D eigenvalue weighted by Crippen LogP contribution is -2.11. The average Bonchev–Trinajstić information content (AvgIpc) is 2.61. The molecule has 0 bridgehead atoms. The van der Waals surface area contributed by atoms with E-state index in [2.05, 4.69) is 13.8 Å². The maximum Gasteiger partial charge on any atom is 0.306 e. The molecule has 0 aromatic carbocycles. The molecule has 25 heavy (non-hydrogen) atoms. The van der Waals surface area contributed by atoms with Gasteiger partial charge in [0.2, 0.25) is 0 Å². The Bertz CT molecular complexity index is 315. The van der Waals surface area contributed by atoms with Crippen LogP contribution in [0.2, 0.25) is 0 Å². The van der Waals surface area contributed by atoms with Crippen molar-refractivity contribution in [2.45, 2.75) is 110 Å². The number of rotatable bonds is 18. The molecular formula is C21H40O4. The van der Waals surface area contributed by atoms with Crippen LogP contribution in [0.15, 0.2) is 0 Å². The van der Waals surface area contributed by atoms with E-state index in [9.17, 15) is 9.59 Å². The molecule has 0 rings (SSSR count). The van der Waals surface area contributed by atoms with E-state index in [1.165, 1.54) is 57.8 Å². The van der Waals surface area contributed by atoms with Gasteiger partial charge in [-0.1, -0.05) is 84.5 Å². The minimum absolute atomic E-state index is 0.131. The lowest BCUT2D eigenvalue weighted by Gasteiger charge is -2.06. The molecule has 0 spiro atoms. The van der Waals surface area contributed by atoms with Crippen molar-refractivity contribution in [1.82, 2.24) is 0 Å². The first-order chi connectivity index (χ1) is 12.2. The molecule has 0 N–H and O–H groups in total. The van der Waals surface area contributed by atoms with Crippen molar-refractivity contribution in [1.29, 1.82) is 0 Å². The van der Waals surface area contributed by atoms with Crippen LogP contribution in [0.5, 0.6) is 0 Å². The van der Waals surface area contributed by atoms with Crippen molar-refractivity contribution in [3.8, 4) is 0 Å². The van der Waals surface area contributed by atoms with Crippen molar-refractivity contribution in [3.63, 3.8) is 0 Å². The highest BCUT2D eigenvalue weighted by atomic mass is 16.5. The van der Waals surface area contributed by atoms with Gasteiger partial charge in [-0.05, 0) is 12.8 Å². The van der Waals surface area contributed by atoms with Gasteiger partial charge in [0.05, 0.1) is 26.1 Å². The molecule has 0 saturated carbocycles. The lowest BCUT2D eigenvalue weighted by atomic mass is 10.1. The fourth-order valence-corrected chi connectivity index (χ4v) is 2.66. The summed E-state index contributed by atoms with van der Waals surface area (Å²) in [5.74, 6) is -0.580. The van der Waals surface area contributed by atoms with E-state index in [4.69, 9.17) is 9.47 Å². The van der Waals surface area contributed by atoms with Gasteiger partial charge in [-0.2, -0.15) is 0 Å². The number of ether oxygens (including phenoxy) is 2. The molecule has 0 unspecified atom stereocenters. The number of esters is 2. The number of carbonyl (C=O) groups is 2. The maximum absolute atomic E-state index is 11.6. The number of hydrogen-bond acceptors (Lipinski definition) is 4. The molecule has 0 heterocycles. The molecule has 0 amide bonds. The number of carbonyl (C=O) groups excluding carboxylic acids is 2. The SMILES string of the molecule is CCCCCCCCCOC(=O)CCC(=O)OCCCCCCCC. The summed E-state index contributed by atoms with van der Waals surface area (Å²) in [7, 11) is 0. The summed E-state index contributed by atoms with van der Waals surface area (Å²) in [5, 5.41) is 0. The van der Waals surface area contributed by atoms with Crippen LogP contribution in [0.1, 0.15) is 110 Å². The van der Waals surface area contributed by atoms with Crippen LogP contribution in [0.4, 0.5) is 0 Å². The molecule has 0 fully saturated rings. The first-order valence-electron chi connectivity index (χ1n) is 10.5. The lowest BCUT2D eigenvalue weighted by molar-refractivity contribution is -0.150. The zero-order valence-corrected chi connectivity index (χ0v) is 16.7. The zero-order chi connectivity index (χ0) is 18.6. The highest BCUT2D eigenvalue weighted by Crippen LogP contribution is 2.08. The summed E-state index contributed by atoms with van der Waals surface area (Å²) in [4.78, 5) is 23.1. The fraction of sp³-hybridized carbons (Fsp3) is 0.905. The standard InChI is InChI=1S/C21H40O4/c1-3-5-7-9-11-13-15-19-25-21(23)17-16-20(22)24-18-14-12-10-8-6-4-2/h3-19H2,1-2H3. The molecule has 0 aliphatic rings. The second kappa shape index (κ2) is 19.3. The summed E-state index contributed by atoms with van der Waals surface area (Å²) in [5.41, 5.74) is 0. The normalized spacial score (nSPS) is 10.6. The summed E-state index contributed by atoms with van der Waals surface area (Å²) in [6.07, 6.45) is 15.6. The molecule has 0 radical (unpaired) electrons. The zero-order valence-electron chi connectivity index (χ0n) is 16.7. The van der Waals surface area contributed by atoms with E-state index in [0.717, 1.165) is 25.7 Å². The maximum atomic E-state index is 11.6. The molecule has 0 aromatic rings. The molecule has 0 aliphatic carbocycles. The van der Waals surface area contributed by atoms with E-state index >= 15 is 0 Å². The van der Waals surface area contributed by atoms with Crippen LogP contribution in [0.25, 0.3) is 0 Å². The molecule has 0 aromatic heterocycles. The summed E-state index contributed by atoms with van der Waals surface area (Å²) < 4.78 is 10.3. The molecule has 0 atom stereocenters. The van der Waals surface area contributed by atoms with Gasteiger partial charge in [-0.25, -0.2) is 0 Å². The average molecular weight is 357 g/mol. The first kappa shape index (κ1) is 23.9. The van der Waals surface area contributed by atoms with Gasteiger partial charge in [0.25, 0.3) is 0 Å². The van der Waals surface area contributed by atoms with Gasteiger partial charge >= 0.3 is 11.9 Å². The highest BCUT2D eigenvalue weighted by Gasteiger charge is 2.08. The van der Waals surface area contributed by atoms with Crippen molar-refractivity contribution >= 4 is 11.9 Å². The van der Waals surface area contributed by atoms with E-state index in [-0.39, 0.29) is 24.8 Å². The summed E-state index contributed by atoms with van der Waals surface area (Å²) in [6, 6.07) is 0. The quantitative estimate of drug-likeness (QED) is 0.224. The highest BCUT2D eigenvalue weighted by molar-refractivity contribution is 5.77. The Balaban J connectivity index is 3.33. The second-order valence-corrected chi connectivity index (χ2v) is 6.83. The third-order valence-corrected chi connectivity index (χ3v) is 4.31. The molecule has 0 aliphatic heterocycles. The molecular weight excluding hydrogens is 316 g/mol. The van der Waals surface area contributed by atoms with Gasteiger partial charge < -0.3 is 9.47 Å². The minimum Gasteiger partial charge on any atom is -0.466 e. The van der Waals surface area contributed by atoms with Crippen LogP contribution in [0, 0.1) is 0 Å². The Labute approximate surface area is 155 Å². The Hall–Kier alpha value is -1.06. The van der Waals surface area contributed by atoms with Gasteiger partial charge in [0, 0.05) is 0 Å². The van der Waals surface area contributed by atoms with Gasteiger partial charge in [-0.15, -0.1) is 0 Å². The van der Waals surface area contributed by atoms with Crippen molar-refractivity contribution in [3.05, 3.63) is 0 Å². The van der Waals surface area contributed by atoms with Crippen molar-refractivity contribution in [2.75, 3.05) is 13.2 Å². The summed E-state index contributed by atoms with van der Waals surface area (Å²) >= 11 is 0. The second-order valence-electron chi connectivity index (χ2n) is 6.83.